The van der Waals surface area contributed by atoms with E-state index in [1.807, 2.05) is 94.9 Å². The highest BCUT2D eigenvalue weighted by Gasteiger charge is 2.23. The Morgan fingerprint density at radius 3 is 1.46 bits per heavy atom. The second-order valence-corrected chi connectivity index (χ2v) is 13.1. The van der Waals surface area contributed by atoms with Gasteiger partial charge in [-0.05, 0) is 75.0 Å². The number of ether oxygens (including phenoxy) is 2. The van der Waals surface area contributed by atoms with Gasteiger partial charge in [-0.3, -0.25) is 4.79 Å². The summed E-state index contributed by atoms with van der Waals surface area (Å²) in [4.78, 5) is 17.7. The number of fused-ring (bicyclic) bond motifs is 1. The van der Waals surface area contributed by atoms with E-state index < -0.39 is 11.8 Å². The Morgan fingerprint density at radius 2 is 1.02 bits per heavy atom. The summed E-state index contributed by atoms with van der Waals surface area (Å²) in [5.74, 6) is 0.563. The zero-order chi connectivity index (χ0) is 36.8. The largest absolute Gasteiger partial charge is 0.496 e. The number of allylic oxidation sites excluding steroid dienone is 2. The van der Waals surface area contributed by atoms with Gasteiger partial charge in [0.05, 0.1) is 19.8 Å². The fourth-order valence-corrected chi connectivity index (χ4v) is 6.72. The van der Waals surface area contributed by atoms with Gasteiger partial charge in [-0.2, -0.15) is 0 Å². The first-order chi connectivity index (χ1) is 25.2. The van der Waals surface area contributed by atoms with Crippen molar-refractivity contribution < 1.29 is 14.3 Å². The lowest BCUT2D eigenvalue weighted by Gasteiger charge is -2.22. The van der Waals surface area contributed by atoms with Crippen LogP contribution in [0.3, 0.4) is 0 Å². The Balaban J connectivity index is 1.72. The number of hydrogen-bond donors (Lipinski definition) is 1. The van der Waals surface area contributed by atoms with Crippen LogP contribution >= 0.6 is 0 Å². The van der Waals surface area contributed by atoms with Gasteiger partial charge in [0, 0.05) is 56.6 Å². The predicted molar refractivity (Wildman–Crippen MR) is 217 cm³/mol. The van der Waals surface area contributed by atoms with Gasteiger partial charge < -0.3 is 25.0 Å². The first-order valence-electron chi connectivity index (χ1n) is 17.3. The van der Waals surface area contributed by atoms with Crippen molar-refractivity contribution in [3.8, 4) is 11.5 Å². The van der Waals surface area contributed by atoms with Gasteiger partial charge in [-0.25, -0.2) is 0 Å². The molecule has 6 nitrogen and oxygen atoms in total. The summed E-state index contributed by atoms with van der Waals surface area (Å²) < 4.78 is 11.9. The number of carbonyl (C=O) groups is 1. The number of methoxy groups -OCH3 is 2. The van der Waals surface area contributed by atoms with Crippen molar-refractivity contribution in [3.05, 3.63) is 179 Å². The molecule has 0 saturated heterocycles. The van der Waals surface area contributed by atoms with Gasteiger partial charge in [0.25, 0.3) is 0 Å². The van der Waals surface area contributed by atoms with Crippen molar-refractivity contribution in [2.75, 3.05) is 52.2 Å². The quantitative estimate of drug-likeness (QED) is 0.139. The number of nitrogens with zero attached hydrogens (tertiary/aromatic N) is 2. The molecule has 6 rings (SSSR count). The number of amides is 1. The average molecular weight is 688 g/mol. The number of benzene rings is 6. The molecular weight excluding hydrogens is 643 g/mol. The molecule has 6 aromatic rings. The molecule has 2 N–H and O–H groups in total. The lowest BCUT2D eigenvalue weighted by atomic mass is 9.83. The van der Waals surface area contributed by atoms with E-state index in [1.165, 1.54) is 0 Å². The maximum atomic E-state index is 13.5. The lowest BCUT2D eigenvalue weighted by molar-refractivity contribution is 0.100. The van der Waals surface area contributed by atoms with Gasteiger partial charge in [-0.15, -0.1) is 0 Å². The molecule has 0 heterocycles. The molecule has 0 bridgehead atoms. The molecular formula is C46H45N3O3. The van der Waals surface area contributed by atoms with E-state index in [2.05, 4.69) is 88.7 Å². The number of carbonyl (C=O) groups excluding carboxylic acids is 1. The second kappa shape index (κ2) is 15.7. The summed E-state index contributed by atoms with van der Waals surface area (Å²) in [7, 11) is 11.5. The summed E-state index contributed by atoms with van der Waals surface area (Å²) in [6, 6.07) is 45.0. The van der Waals surface area contributed by atoms with Crippen LogP contribution in [0.25, 0.3) is 21.9 Å². The van der Waals surface area contributed by atoms with Crippen LogP contribution in [0.15, 0.2) is 146 Å². The Bertz CT molecular complexity index is 2140. The molecule has 6 aromatic carbocycles. The highest BCUT2D eigenvalue weighted by molar-refractivity contribution is 6.08. The summed E-state index contributed by atoms with van der Waals surface area (Å²) in [6.07, 6.45) is 4.45. The Labute approximate surface area is 307 Å². The fraction of sp³-hybridized carbons (Fsp3) is 0.152. The van der Waals surface area contributed by atoms with Crippen molar-refractivity contribution >= 4 is 39.2 Å². The summed E-state index contributed by atoms with van der Waals surface area (Å²) in [5, 5.41) is 1.75. The van der Waals surface area contributed by atoms with E-state index in [0.29, 0.717) is 5.56 Å². The maximum absolute atomic E-state index is 13.5. The van der Waals surface area contributed by atoms with Crippen LogP contribution in [0.1, 0.15) is 44.1 Å². The Hall–Kier alpha value is -6.27. The van der Waals surface area contributed by atoms with Crippen molar-refractivity contribution in [1.82, 2.24) is 0 Å². The zero-order valence-corrected chi connectivity index (χ0v) is 30.6. The Morgan fingerprint density at radius 1 is 0.577 bits per heavy atom. The SMILES string of the molecule is COc1ccccc1C(=CC(C=C(c1ccc(N(C)C)cc1)c1ccccc1OC)c1ccc2ccccc2c1C(N)=O)c1ccc(N(C)C)cc1. The molecule has 0 aliphatic carbocycles. The topological polar surface area (TPSA) is 68.0 Å². The van der Waals surface area contributed by atoms with Crippen molar-refractivity contribution in [2.24, 2.45) is 5.73 Å². The number of nitrogens with two attached hydrogens (primary N) is 1. The van der Waals surface area contributed by atoms with E-state index in [0.717, 1.165) is 72.6 Å². The lowest BCUT2D eigenvalue weighted by Crippen LogP contribution is -2.16. The number of hydrogen-bond acceptors (Lipinski definition) is 5. The molecule has 0 aliphatic rings. The third-order valence-corrected chi connectivity index (χ3v) is 9.44. The average Bonchev–Trinajstić information content (AvgIpc) is 3.17. The number of anilines is 2. The van der Waals surface area contributed by atoms with Gasteiger partial charge in [0.2, 0.25) is 5.91 Å². The smallest absolute Gasteiger partial charge is 0.249 e. The van der Waals surface area contributed by atoms with Gasteiger partial charge in [0.1, 0.15) is 11.5 Å². The molecule has 0 aliphatic heterocycles. The predicted octanol–water partition coefficient (Wildman–Crippen LogP) is 9.44. The van der Waals surface area contributed by atoms with Gasteiger partial charge in [-0.1, -0.05) is 109 Å². The molecule has 0 unspecified atom stereocenters. The fourth-order valence-electron chi connectivity index (χ4n) is 6.72. The van der Waals surface area contributed by atoms with Gasteiger partial charge in [0.15, 0.2) is 0 Å². The van der Waals surface area contributed by atoms with Crippen LogP contribution in [0.4, 0.5) is 11.4 Å². The van der Waals surface area contributed by atoms with Crippen LogP contribution in [0, 0.1) is 0 Å². The minimum atomic E-state index is -0.484. The van der Waals surface area contributed by atoms with E-state index in [9.17, 15) is 4.79 Å². The highest BCUT2D eigenvalue weighted by atomic mass is 16.5. The van der Waals surface area contributed by atoms with Crippen molar-refractivity contribution in [3.63, 3.8) is 0 Å². The molecule has 0 atom stereocenters. The molecule has 52 heavy (non-hydrogen) atoms. The molecule has 262 valence electrons. The monoisotopic (exact) mass is 687 g/mol. The zero-order valence-electron chi connectivity index (χ0n) is 30.6. The molecule has 0 fully saturated rings. The minimum Gasteiger partial charge on any atom is -0.496 e. The molecule has 6 heteroatoms. The Kier molecular flexibility index (Phi) is 10.8. The molecule has 0 saturated carbocycles. The van der Waals surface area contributed by atoms with Crippen molar-refractivity contribution in [2.45, 2.75) is 5.92 Å². The first kappa shape index (κ1) is 35.6. The normalized spacial score (nSPS) is 12.3. The van der Waals surface area contributed by atoms with E-state index in [4.69, 9.17) is 15.2 Å². The second-order valence-electron chi connectivity index (χ2n) is 13.1. The van der Waals surface area contributed by atoms with Crippen LogP contribution in [-0.4, -0.2) is 48.3 Å². The van der Waals surface area contributed by atoms with Crippen molar-refractivity contribution in [1.29, 1.82) is 0 Å². The first-order valence-corrected chi connectivity index (χ1v) is 17.3. The molecule has 1 amide bonds. The number of rotatable bonds is 12. The van der Waals surface area contributed by atoms with Gasteiger partial charge >= 0.3 is 0 Å². The molecule has 0 spiro atoms. The summed E-state index contributed by atoms with van der Waals surface area (Å²) in [5.41, 5.74) is 15.5. The van der Waals surface area contributed by atoms with E-state index in [1.54, 1.807) is 14.2 Å². The molecule has 0 radical (unpaired) electrons. The minimum absolute atomic E-state index is 0.436. The summed E-state index contributed by atoms with van der Waals surface area (Å²) in [6.45, 7) is 0. The van der Waals surface area contributed by atoms with Crippen LogP contribution < -0.4 is 25.0 Å². The third-order valence-electron chi connectivity index (χ3n) is 9.44. The standard InChI is InChI=1S/C46H45N3O3/c1-48(2)35-24-19-32(20-25-35)41(39-15-9-11-17-43(39)51-5)29-34(38-28-23-31-13-7-8-14-37(31)45(38)46(47)50)30-42(40-16-10-12-18-44(40)52-6)33-21-26-36(27-22-33)49(3)4/h7-30,34H,1-6H3,(H2,47,50). The third kappa shape index (κ3) is 7.42. The highest BCUT2D eigenvalue weighted by Crippen LogP contribution is 2.40. The maximum Gasteiger partial charge on any atom is 0.249 e. The summed E-state index contributed by atoms with van der Waals surface area (Å²) >= 11 is 0. The van der Waals surface area contributed by atoms with Crippen LogP contribution in [-0.2, 0) is 0 Å². The van der Waals surface area contributed by atoms with E-state index >= 15 is 0 Å². The number of para-hydroxylation sites is 2. The van der Waals surface area contributed by atoms with Crippen LogP contribution in [0.5, 0.6) is 11.5 Å². The number of primary amides is 1. The molecule has 0 aromatic heterocycles. The van der Waals surface area contributed by atoms with Crippen LogP contribution in [0.2, 0.25) is 0 Å². The van der Waals surface area contributed by atoms with E-state index in [-0.39, 0.29) is 0 Å².